The van der Waals surface area contributed by atoms with E-state index in [2.05, 4.69) is 68.8 Å². The lowest BCUT2D eigenvalue weighted by Gasteiger charge is -2.07. The Morgan fingerprint density at radius 2 is 1.61 bits per heavy atom. The van der Waals surface area contributed by atoms with Gasteiger partial charge in [-0.05, 0) is 47.1 Å². The summed E-state index contributed by atoms with van der Waals surface area (Å²) < 4.78 is 27.3. The monoisotopic (exact) mass is 483 g/mol. The number of H-pyrrole nitrogens is 2. The van der Waals surface area contributed by atoms with Crippen molar-refractivity contribution in [2.24, 2.45) is 0 Å². The Bertz CT molecular complexity index is 1560. The van der Waals surface area contributed by atoms with Crippen molar-refractivity contribution in [3.63, 3.8) is 0 Å². The third-order valence-electron chi connectivity index (χ3n) is 7.79. The van der Waals surface area contributed by atoms with Crippen molar-refractivity contribution in [3.8, 4) is 22.4 Å². The van der Waals surface area contributed by atoms with Crippen LogP contribution in [-0.4, -0.2) is 32.4 Å². The second kappa shape index (κ2) is 8.23. The molecule has 0 amide bonds. The van der Waals surface area contributed by atoms with Crippen LogP contribution in [0.1, 0.15) is 55.7 Å². The second-order valence-corrected chi connectivity index (χ2v) is 10.3. The highest BCUT2D eigenvalue weighted by molar-refractivity contribution is 6.05. The summed E-state index contributed by atoms with van der Waals surface area (Å²) in [5.74, 6) is -0.426. The van der Waals surface area contributed by atoms with E-state index in [1.54, 1.807) is 0 Å². The number of hydrogen-bond acceptors (Lipinski definition) is 3. The standard InChI is InChI=1S/C29H27F2N5/c30-29(31)14-24(33-16-29)28-34-23-12-10-21-13-20(9-11-22(21)26(23)36-28)17-5-7-18(8-6-17)25-15-32-27(35-25)19-3-1-2-4-19/h5-13,15,19,24,33H,1-4,14,16H2,(H,32,35)(H,34,36)/t24-/m0/s1. The van der Waals surface area contributed by atoms with Gasteiger partial charge in [0.1, 0.15) is 11.6 Å². The van der Waals surface area contributed by atoms with Gasteiger partial charge in [0.05, 0.1) is 35.5 Å². The molecule has 7 heteroatoms. The lowest BCUT2D eigenvalue weighted by Crippen LogP contribution is -2.19. The van der Waals surface area contributed by atoms with E-state index in [9.17, 15) is 8.78 Å². The van der Waals surface area contributed by atoms with Crippen LogP contribution in [0.5, 0.6) is 0 Å². The first kappa shape index (κ1) is 21.7. The Kier molecular flexibility index (Phi) is 4.96. The lowest BCUT2D eigenvalue weighted by molar-refractivity contribution is 0.0208. The minimum atomic E-state index is -2.69. The van der Waals surface area contributed by atoms with E-state index < -0.39 is 12.0 Å². The van der Waals surface area contributed by atoms with Gasteiger partial charge in [-0.15, -0.1) is 0 Å². The molecule has 0 spiro atoms. The number of imidazole rings is 2. The van der Waals surface area contributed by atoms with E-state index in [1.165, 1.54) is 25.7 Å². The number of aromatic nitrogens is 4. The SMILES string of the molecule is FC1(F)CN[C@H](c2nc3c(ccc4cc(-c5ccc(-c6cnc(C7CCCC7)[nH]6)cc5)ccc43)[nH]2)C1. The van der Waals surface area contributed by atoms with Gasteiger partial charge in [0.25, 0.3) is 5.92 Å². The summed E-state index contributed by atoms with van der Waals surface area (Å²) in [5.41, 5.74) is 6.14. The summed E-state index contributed by atoms with van der Waals surface area (Å²) in [6.07, 6.45) is 6.77. The zero-order valence-electron chi connectivity index (χ0n) is 19.8. The summed E-state index contributed by atoms with van der Waals surface area (Å²) in [7, 11) is 0. The molecule has 2 aliphatic rings. The smallest absolute Gasteiger partial charge is 0.262 e. The summed E-state index contributed by atoms with van der Waals surface area (Å²) in [6, 6.07) is 18.5. The number of fused-ring (bicyclic) bond motifs is 3. The molecule has 3 aromatic carbocycles. The van der Waals surface area contributed by atoms with Gasteiger partial charge in [-0.25, -0.2) is 18.7 Å². The molecular weight excluding hydrogens is 456 g/mol. The highest BCUT2D eigenvalue weighted by Gasteiger charge is 2.41. The van der Waals surface area contributed by atoms with Crippen molar-refractivity contribution in [1.29, 1.82) is 0 Å². The largest absolute Gasteiger partial charge is 0.342 e. The van der Waals surface area contributed by atoms with Crippen molar-refractivity contribution in [1.82, 2.24) is 25.3 Å². The summed E-state index contributed by atoms with van der Waals surface area (Å²) >= 11 is 0. The minimum absolute atomic E-state index is 0.231. The first-order valence-electron chi connectivity index (χ1n) is 12.7. The first-order valence-corrected chi connectivity index (χ1v) is 12.7. The van der Waals surface area contributed by atoms with Crippen LogP contribution in [0.15, 0.2) is 60.8 Å². The maximum absolute atomic E-state index is 13.7. The molecule has 1 aliphatic carbocycles. The molecule has 7 rings (SSSR count). The number of benzene rings is 3. The van der Waals surface area contributed by atoms with E-state index in [-0.39, 0.29) is 13.0 Å². The van der Waals surface area contributed by atoms with Gasteiger partial charge in [0.2, 0.25) is 0 Å². The Morgan fingerprint density at radius 3 is 2.39 bits per heavy atom. The molecule has 5 aromatic rings. The summed E-state index contributed by atoms with van der Waals surface area (Å²) in [5, 5.41) is 4.97. The van der Waals surface area contributed by atoms with Crippen LogP contribution in [0.2, 0.25) is 0 Å². The second-order valence-electron chi connectivity index (χ2n) is 10.3. The van der Waals surface area contributed by atoms with Gasteiger partial charge in [0.15, 0.2) is 0 Å². The van der Waals surface area contributed by atoms with Gasteiger partial charge in [-0.3, -0.25) is 0 Å². The molecule has 182 valence electrons. The fraction of sp³-hybridized carbons (Fsp3) is 0.310. The zero-order valence-corrected chi connectivity index (χ0v) is 19.8. The Balaban J connectivity index is 1.16. The van der Waals surface area contributed by atoms with Crippen LogP contribution in [0.4, 0.5) is 8.78 Å². The summed E-state index contributed by atoms with van der Waals surface area (Å²) in [6.45, 7) is -0.306. The molecule has 5 nitrogen and oxygen atoms in total. The van der Waals surface area contributed by atoms with E-state index >= 15 is 0 Å². The average molecular weight is 484 g/mol. The molecule has 0 unspecified atom stereocenters. The van der Waals surface area contributed by atoms with Gasteiger partial charge in [-0.1, -0.05) is 55.3 Å². The van der Waals surface area contributed by atoms with E-state index in [0.29, 0.717) is 11.7 Å². The number of nitrogens with one attached hydrogen (secondary N) is 3. The molecule has 1 aliphatic heterocycles. The van der Waals surface area contributed by atoms with Crippen LogP contribution < -0.4 is 5.32 Å². The van der Waals surface area contributed by atoms with E-state index in [1.807, 2.05) is 12.3 Å². The number of hydrogen-bond donors (Lipinski definition) is 3. The normalized spacial score (nSPS) is 20.1. The highest BCUT2D eigenvalue weighted by Crippen LogP contribution is 2.36. The number of alkyl halides is 2. The predicted octanol–water partition coefficient (Wildman–Crippen LogP) is 7.10. The fourth-order valence-electron chi connectivity index (χ4n) is 5.81. The molecule has 3 N–H and O–H groups in total. The number of rotatable bonds is 4. The fourth-order valence-corrected chi connectivity index (χ4v) is 5.81. The molecule has 36 heavy (non-hydrogen) atoms. The van der Waals surface area contributed by atoms with Crippen LogP contribution in [0.25, 0.3) is 44.2 Å². The van der Waals surface area contributed by atoms with Gasteiger partial charge >= 0.3 is 0 Å². The van der Waals surface area contributed by atoms with E-state index in [0.717, 1.165) is 50.0 Å². The van der Waals surface area contributed by atoms with Crippen LogP contribution in [0.3, 0.4) is 0 Å². The molecule has 1 saturated carbocycles. The number of nitrogens with zero attached hydrogens (tertiary/aromatic N) is 2. The third-order valence-corrected chi connectivity index (χ3v) is 7.79. The third kappa shape index (κ3) is 3.78. The highest BCUT2D eigenvalue weighted by atomic mass is 19.3. The number of aromatic amines is 2. The van der Waals surface area contributed by atoms with Gasteiger partial charge < -0.3 is 15.3 Å². The van der Waals surface area contributed by atoms with Crippen molar-refractivity contribution >= 4 is 21.8 Å². The molecule has 0 bridgehead atoms. The molecule has 1 atom stereocenters. The van der Waals surface area contributed by atoms with Gasteiger partial charge in [0, 0.05) is 17.7 Å². The Hall–Kier alpha value is -3.58. The minimum Gasteiger partial charge on any atom is -0.342 e. The van der Waals surface area contributed by atoms with Crippen molar-refractivity contribution in [3.05, 3.63) is 72.4 Å². The zero-order chi connectivity index (χ0) is 24.3. The lowest BCUT2D eigenvalue weighted by atomic mass is 9.99. The predicted molar refractivity (Wildman–Crippen MR) is 138 cm³/mol. The van der Waals surface area contributed by atoms with Crippen LogP contribution in [0, 0.1) is 0 Å². The van der Waals surface area contributed by atoms with E-state index in [4.69, 9.17) is 4.98 Å². The quantitative estimate of drug-likeness (QED) is 0.255. The Labute approximate surface area is 207 Å². The van der Waals surface area contributed by atoms with Gasteiger partial charge in [-0.2, -0.15) is 0 Å². The molecule has 1 saturated heterocycles. The Morgan fingerprint density at radius 1 is 0.833 bits per heavy atom. The number of halogens is 2. The molecule has 3 heterocycles. The molecule has 2 fully saturated rings. The van der Waals surface area contributed by atoms with Crippen molar-refractivity contribution < 1.29 is 8.78 Å². The molecular formula is C29H27F2N5. The van der Waals surface area contributed by atoms with Crippen molar-refractivity contribution in [2.45, 2.75) is 50.0 Å². The van der Waals surface area contributed by atoms with Crippen LogP contribution >= 0.6 is 0 Å². The summed E-state index contributed by atoms with van der Waals surface area (Å²) in [4.78, 5) is 16.1. The van der Waals surface area contributed by atoms with Crippen LogP contribution in [-0.2, 0) is 0 Å². The van der Waals surface area contributed by atoms with Crippen molar-refractivity contribution in [2.75, 3.05) is 6.54 Å². The molecule has 0 radical (unpaired) electrons. The maximum atomic E-state index is 13.7. The topological polar surface area (TPSA) is 69.4 Å². The first-order chi connectivity index (χ1) is 17.5. The molecule has 2 aromatic heterocycles. The maximum Gasteiger partial charge on any atom is 0.262 e. The average Bonchev–Trinajstić information content (AvgIpc) is 3.69.